The smallest absolute Gasteiger partial charge is 0.335 e. The molecule has 3 unspecified atom stereocenters. The molecule has 1 aliphatic rings. The average Bonchev–Trinajstić information content (AvgIpc) is 2.80. The Hall–Kier alpha value is -3.59. The van der Waals surface area contributed by atoms with Gasteiger partial charge in [0.15, 0.2) is 0 Å². The van der Waals surface area contributed by atoms with Gasteiger partial charge in [-0.05, 0) is 62.6 Å². The zero-order valence-corrected chi connectivity index (χ0v) is 19.6. The molecule has 0 saturated heterocycles. The van der Waals surface area contributed by atoms with Crippen LogP contribution in [0.4, 0.5) is 11.4 Å². The van der Waals surface area contributed by atoms with Crippen molar-refractivity contribution in [2.24, 2.45) is 11.8 Å². The van der Waals surface area contributed by atoms with E-state index in [-0.39, 0.29) is 17.4 Å². The second-order valence-electron chi connectivity index (χ2n) is 8.10. The van der Waals surface area contributed by atoms with E-state index in [2.05, 4.69) is 10.6 Å². The van der Waals surface area contributed by atoms with E-state index in [1.165, 1.54) is 23.9 Å². The van der Waals surface area contributed by atoms with Crippen molar-refractivity contribution in [2.75, 3.05) is 10.6 Å². The van der Waals surface area contributed by atoms with Gasteiger partial charge in [0.25, 0.3) is 0 Å². The largest absolute Gasteiger partial charge is 0.481 e. The number of carbonyl (C=O) groups excluding carboxylic acids is 2. The summed E-state index contributed by atoms with van der Waals surface area (Å²) in [5.74, 6) is -4.10. The number of amides is 2. The van der Waals surface area contributed by atoms with Crippen LogP contribution in [-0.2, 0) is 14.4 Å². The number of benzene rings is 2. The highest BCUT2D eigenvalue weighted by Gasteiger charge is 2.34. The van der Waals surface area contributed by atoms with Gasteiger partial charge in [-0.15, -0.1) is 11.8 Å². The van der Waals surface area contributed by atoms with Crippen LogP contribution < -0.4 is 10.6 Å². The summed E-state index contributed by atoms with van der Waals surface area (Å²) in [5.41, 5.74) is 1.79. The van der Waals surface area contributed by atoms with Crippen molar-refractivity contribution in [1.82, 2.24) is 0 Å². The van der Waals surface area contributed by atoms with Gasteiger partial charge in [-0.1, -0.05) is 24.3 Å². The van der Waals surface area contributed by atoms with E-state index < -0.39 is 29.0 Å². The summed E-state index contributed by atoms with van der Waals surface area (Å²) >= 11 is 1.28. The average molecular weight is 483 g/mol. The molecule has 8 nitrogen and oxygen atoms in total. The van der Waals surface area contributed by atoms with Gasteiger partial charge in [0, 0.05) is 16.3 Å². The number of aryl methyl sites for hydroxylation is 1. The molecule has 2 aromatic rings. The van der Waals surface area contributed by atoms with Crippen LogP contribution in [0, 0.1) is 18.8 Å². The van der Waals surface area contributed by atoms with Gasteiger partial charge in [-0.3, -0.25) is 14.4 Å². The van der Waals surface area contributed by atoms with E-state index in [1.807, 2.05) is 12.1 Å². The third kappa shape index (κ3) is 6.26. The van der Waals surface area contributed by atoms with Crippen LogP contribution in [0.5, 0.6) is 0 Å². The van der Waals surface area contributed by atoms with Crippen LogP contribution in [0.25, 0.3) is 0 Å². The van der Waals surface area contributed by atoms with Gasteiger partial charge in [0.2, 0.25) is 11.8 Å². The minimum absolute atomic E-state index is 0.0863. The molecule has 0 aliphatic heterocycles. The lowest BCUT2D eigenvalue weighted by Crippen LogP contribution is -2.34. The molecular formula is C25H26N2O6S. The van der Waals surface area contributed by atoms with E-state index >= 15 is 0 Å². The number of hydrogen-bond acceptors (Lipinski definition) is 5. The summed E-state index contributed by atoms with van der Waals surface area (Å²) in [6.45, 7) is 3.51. The molecule has 4 N–H and O–H groups in total. The molecule has 3 rings (SSSR count). The Morgan fingerprint density at radius 2 is 1.68 bits per heavy atom. The minimum atomic E-state index is -1.07. The lowest BCUT2D eigenvalue weighted by Gasteiger charge is -2.24. The molecule has 0 aromatic heterocycles. The van der Waals surface area contributed by atoms with Gasteiger partial charge in [0.1, 0.15) is 0 Å². The van der Waals surface area contributed by atoms with Crippen molar-refractivity contribution in [2.45, 2.75) is 36.8 Å². The van der Waals surface area contributed by atoms with Crippen LogP contribution in [0.3, 0.4) is 0 Å². The number of hydrogen-bond donors (Lipinski definition) is 4. The first-order valence-corrected chi connectivity index (χ1v) is 11.6. The maximum Gasteiger partial charge on any atom is 0.335 e. The molecule has 0 radical (unpaired) electrons. The fourth-order valence-corrected chi connectivity index (χ4v) is 4.57. The van der Waals surface area contributed by atoms with E-state index in [0.29, 0.717) is 24.2 Å². The third-order valence-electron chi connectivity index (χ3n) is 5.61. The second-order valence-corrected chi connectivity index (χ2v) is 9.51. The number of rotatable bonds is 8. The number of carboxylic acids is 2. The lowest BCUT2D eigenvalue weighted by molar-refractivity contribution is -0.146. The summed E-state index contributed by atoms with van der Waals surface area (Å²) in [6.07, 6.45) is 4.30. The molecule has 2 amide bonds. The zero-order chi connectivity index (χ0) is 24.8. The van der Waals surface area contributed by atoms with Crippen molar-refractivity contribution < 1.29 is 29.4 Å². The highest BCUT2D eigenvalue weighted by molar-refractivity contribution is 8.00. The molecule has 1 aliphatic carbocycles. The summed E-state index contributed by atoms with van der Waals surface area (Å²) < 4.78 is 0. The van der Waals surface area contributed by atoms with Crippen molar-refractivity contribution in [1.29, 1.82) is 0 Å². The highest BCUT2D eigenvalue weighted by Crippen LogP contribution is 2.30. The molecule has 0 fully saturated rings. The molecule has 0 saturated carbocycles. The Labute approximate surface area is 201 Å². The monoisotopic (exact) mass is 482 g/mol. The number of allylic oxidation sites excluding steroid dienone is 2. The Morgan fingerprint density at radius 1 is 0.971 bits per heavy atom. The molecule has 178 valence electrons. The van der Waals surface area contributed by atoms with E-state index in [9.17, 15) is 29.4 Å². The van der Waals surface area contributed by atoms with E-state index in [0.717, 1.165) is 10.5 Å². The zero-order valence-electron chi connectivity index (χ0n) is 18.8. The second kappa shape index (κ2) is 11.0. The predicted molar refractivity (Wildman–Crippen MR) is 130 cm³/mol. The highest BCUT2D eigenvalue weighted by atomic mass is 32.2. The normalized spacial score (nSPS) is 18.1. The number of anilines is 2. The fourth-order valence-electron chi connectivity index (χ4n) is 3.64. The van der Waals surface area contributed by atoms with Gasteiger partial charge in [0.05, 0.1) is 22.6 Å². The molecule has 34 heavy (non-hydrogen) atoms. The van der Waals surface area contributed by atoms with Crippen LogP contribution in [-0.4, -0.2) is 39.2 Å². The van der Waals surface area contributed by atoms with Crippen LogP contribution in [0.15, 0.2) is 59.5 Å². The number of carbonyl (C=O) groups is 4. The topological polar surface area (TPSA) is 133 Å². The van der Waals surface area contributed by atoms with Crippen molar-refractivity contribution in [3.8, 4) is 0 Å². The van der Waals surface area contributed by atoms with E-state index in [4.69, 9.17) is 0 Å². The summed E-state index contributed by atoms with van der Waals surface area (Å²) in [6, 6.07) is 11.5. The summed E-state index contributed by atoms with van der Waals surface area (Å²) in [4.78, 5) is 48.9. The van der Waals surface area contributed by atoms with E-state index in [1.54, 1.807) is 44.2 Å². The van der Waals surface area contributed by atoms with Gasteiger partial charge in [-0.25, -0.2) is 4.79 Å². The van der Waals surface area contributed by atoms with Gasteiger partial charge >= 0.3 is 11.9 Å². The Morgan fingerprint density at radius 3 is 2.35 bits per heavy atom. The van der Waals surface area contributed by atoms with Crippen molar-refractivity contribution in [3.63, 3.8) is 0 Å². The van der Waals surface area contributed by atoms with Crippen LogP contribution >= 0.6 is 11.8 Å². The maximum atomic E-state index is 12.7. The molecule has 0 heterocycles. The summed E-state index contributed by atoms with van der Waals surface area (Å²) in [5, 5.41) is 23.6. The van der Waals surface area contributed by atoms with Gasteiger partial charge in [-0.2, -0.15) is 0 Å². The Bertz CT molecular complexity index is 1150. The molecule has 2 aromatic carbocycles. The number of aromatic carboxylic acids is 1. The van der Waals surface area contributed by atoms with Crippen LogP contribution in [0.1, 0.15) is 35.7 Å². The van der Waals surface area contributed by atoms with Crippen LogP contribution in [0.2, 0.25) is 0 Å². The summed E-state index contributed by atoms with van der Waals surface area (Å²) in [7, 11) is 0. The molecule has 3 atom stereocenters. The molecule has 0 spiro atoms. The Balaban J connectivity index is 1.64. The third-order valence-corrected chi connectivity index (χ3v) is 6.71. The molecular weight excluding hydrogens is 456 g/mol. The predicted octanol–water partition coefficient (Wildman–Crippen LogP) is 4.42. The quantitative estimate of drug-likeness (QED) is 0.323. The number of nitrogens with one attached hydrogen (secondary N) is 2. The number of thioether (sulfide) groups is 1. The first-order chi connectivity index (χ1) is 16.2. The Kier molecular flexibility index (Phi) is 8.12. The van der Waals surface area contributed by atoms with Crippen molar-refractivity contribution >= 4 is 46.9 Å². The molecule has 0 bridgehead atoms. The lowest BCUT2D eigenvalue weighted by atomic mass is 9.82. The molecule has 9 heteroatoms. The first kappa shape index (κ1) is 25.0. The maximum absolute atomic E-state index is 12.7. The minimum Gasteiger partial charge on any atom is -0.481 e. The SMILES string of the molecule is Cc1ccc(C(=O)O)cc1NC(=O)C(C)Sc1cccc(NC(=O)C2CC=CCC2C(=O)O)c1. The van der Waals surface area contributed by atoms with Gasteiger partial charge < -0.3 is 20.8 Å². The standard InChI is InChI=1S/C25H26N2O6S/c1-14-10-11-16(24(30)31)12-21(14)27-22(28)15(2)34-18-7-5-6-17(13-18)26-23(29)19-8-3-4-9-20(19)25(32)33/h3-7,10-13,15,19-20H,8-9H2,1-2H3,(H,26,29)(H,27,28)(H,30,31)(H,32,33). The number of aliphatic carboxylic acids is 1. The van der Waals surface area contributed by atoms with Crippen molar-refractivity contribution in [3.05, 3.63) is 65.7 Å². The fraction of sp³-hybridized carbons (Fsp3) is 0.280. The number of carboxylic acid groups (broad SMARTS) is 2. The first-order valence-electron chi connectivity index (χ1n) is 10.8.